The molecule has 2 N–H and O–H groups in total. The van der Waals surface area contributed by atoms with E-state index < -0.39 is 18.0 Å². The van der Waals surface area contributed by atoms with Gasteiger partial charge in [-0.1, -0.05) is 20.8 Å². The predicted octanol–water partition coefficient (Wildman–Crippen LogP) is 1.50. The number of hydrogen-bond acceptors (Lipinski definition) is 2. The van der Waals surface area contributed by atoms with Gasteiger partial charge in [-0.15, -0.1) is 0 Å². The molecule has 0 amide bonds. The minimum Gasteiger partial charge on any atom is -0.481 e. The van der Waals surface area contributed by atoms with Crippen LogP contribution < -0.4 is 0 Å². The molecule has 3 heteroatoms. The summed E-state index contributed by atoms with van der Waals surface area (Å²) in [5.41, 5.74) is -0.0247. The predicted molar refractivity (Wildman–Crippen MR) is 46.9 cm³/mol. The molecule has 2 unspecified atom stereocenters. The van der Waals surface area contributed by atoms with Gasteiger partial charge in [0.25, 0.3) is 0 Å². The Hall–Kier alpha value is -0.570. The highest BCUT2D eigenvalue weighted by molar-refractivity contribution is 5.70. The smallest absolute Gasteiger partial charge is 0.308 e. The molecule has 0 saturated carbocycles. The molecular formula is C9H18O3. The zero-order chi connectivity index (χ0) is 9.94. The molecule has 0 aliphatic rings. The zero-order valence-electron chi connectivity index (χ0n) is 8.16. The monoisotopic (exact) mass is 174 g/mol. The van der Waals surface area contributed by atoms with Crippen molar-refractivity contribution in [2.45, 2.75) is 40.2 Å². The van der Waals surface area contributed by atoms with Crippen molar-refractivity contribution in [2.24, 2.45) is 11.3 Å². The second kappa shape index (κ2) is 3.90. The van der Waals surface area contributed by atoms with Gasteiger partial charge >= 0.3 is 5.97 Å². The first-order chi connectivity index (χ1) is 5.24. The SMILES string of the molecule is CC(C(=O)O)C(O)CC(C)(C)C. The standard InChI is InChI=1S/C9H18O3/c1-6(8(11)12)7(10)5-9(2,3)4/h6-7,10H,5H2,1-4H3,(H,11,12). The summed E-state index contributed by atoms with van der Waals surface area (Å²) < 4.78 is 0. The fourth-order valence-corrected chi connectivity index (χ4v) is 0.969. The number of aliphatic hydroxyl groups excluding tert-OH is 1. The Bertz CT molecular complexity index is 158. The molecule has 2 atom stereocenters. The molecule has 0 aliphatic carbocycles. The average molecular weight is 174 g/mol. The molecular weight excluding hydrogens is 156 g/mol. The first-order valence-corrected chi connectivity index (χ1v) is 4.15. The lowest BCUT2D eigenvalue weighted by Gasteiger charge is -2.24. The van der Waals surface area contributed by atoms with Gasteiger partial charge in [-0.05, 0) is 18.8 Å². The quantitative estimate of drug-likeness (QED) is 0.681. The van der Waals surface area contributed by atoms with E-state index in [4.69, 9.17) is 5.11 Å². The van der Waals surface area contributed by atoms with Crippen LogP contribution in [0.2, 0.25) is 0 Å². The first-order valence-electron chi connectivity index (χ1n) is 4.15. The van der Waals surface area contributed by atoms with Crippen molar-refractivity contribution < 1.29 is 15.0 Å². The van der Waals surface area contributed by atoms with Crippen molar-refractivity contribution in [3.05, 3.63) is 0 Å². The molecule has 0 rings (SSSR count). The highest BCUT2D eigenvalue weighted by atomic mass is 16.4. The molecule has 0 aliphatic heterocycles. The Labute approximate surface area is 73.4 Å². The largest absolute Gasteiger partial charge is 0.481 e. The van der Waals surface area contributed by atoms with Crippen molar-refractivity contribution in [2.75, 3.05) is 0 Å². The molecule has 0 fully saturated rings. The van der Waals surface area contributed by atoms with Crippen molar-refractivity contribution in [3.63, 3.8) is 0 Å². The maximum atomic E-state index is 10.5. The summed E-state index contributed by atoms with van der Waals surface area (Å²) in [4.78, 5) is 10.5. The summed E-state index contributed by atoms with van der Waals surface area (Å²) in [6.07, 6.45) is -0.233. The molecule has 0 aromatic carbocycles. The van der Waals surface area contributed by atoms with Gasteiger partial charge in [0.1, 0.15) is 0 Å². The highest BCUT2D eigenvalue weighted by Crippen LogP contribution is 2.23. The third kappa shape index (κ3) is 4.34. The number of aliphatic carboxylic acids is 1. The van der Waals surface area contributed by atoms with E-state index in [2.05, 4.69) is 0 Å². The molecule has 0 aromatic heterocycles. The van der Waals surface area contributed by atoms with Crippen molar-refractivity contribution in [1.29, 1.82) is 0 Å². The van der Waals surface area contributed by atoms with Gasteiger partial charge in [0.15, 0.2) is 0 Å². The molecule has 72 valence electrons. The lowest BCUT2D eigenvalue weighted by atomic mass is 9.85. The fraction of sp³-hybridized carbons (Fsp3) is 0.889. The molecule has 0 radical (unpaired) electrons. The van der Waals surface area contributed by atoms with E-state index in [1.807, 2.05) is 20.8 Å². The van der Waals surface area contributed by atoms with Gasteiger partial charge in [0.2, 0.25) is 0 Å². The van der Waals surface area contributed by atoms with Crippen LogP contribution in [-0.2, 0) is 4.79 Å². The lowest BCUT2D eigenvalue weighted by molar-refractivity contribution is -0.145. The van der Waals surface area contributed by atoms with Crippen LogP contribution >= 0.6 is 0 Å². The van der Waals surface area contributed by atoms with Gasteiger partial charge in [-0.2, -0.15) is 0 Å². The van der Waals surface area contributed by atoms with Crippen LogP contribution in [0.5, 0.6) is 0 Å². The van der Waals surface area contributed by atoms with Crippen molar-refractivity contribution in [3.8, 4) is 0 Å². The van der Waals surface area contributed by atoms with Crippen LogP contribution in [0, 0.1) is 11.3 Å². The molecule has 0 heterocycles. The fourth-order valence-electron chi connectivity index (χ4n) is 0.969. The molecule has 0 spiro atoms. The number of carboxylic acids is 1. The van der Waals surface area contributed by atoms with Crippen molar-refractivity contribution in [1.82, 2.24) is 0 Å². The molecule has 0 saturated heterocycles. The van der Waals surface area contributed by atoms with E-state index in [9.17, 15) is 9.90 Å². The topological polar surface area (TPSA) is 57.5 Å². The number of aliphatic hydroxyl groups is 1. The molecule has 0 bridgehead atoms. The lowest BCUT2D eigenvalue weighted by Crippen LogP contribution is -2.29. The highest BCUT2D eigenvalue weighted by Gasteiger charge is 2.25. The third-order valence-corrected chi connectivity index (χ3v) is 1.79. The minimum atomic E-state index is -0.938. The van der Waals surface area contributed by atoms with Crippen LogP contribution in [0.3, 0.4) is 0 Å². The van der Waals surface area contributed by atoms with Gasteiger partial charge in [-0.25, -0.2) is 0 Å². The first kappa shape index (κ1) is 11.4. The Morgan fingerprint density at radius 1 is 1.42 bits per heavy atom. The Morgan fingerprint density at radius 3 is 2.08 bits per heavy atom. The zero-order valence-corrected chi connectivity index (χ0v) is 8.16. The van der Waals surface area contributed by atoms with E-state index in [0.717, 1.165) is 0 Å². The maximum Gasteiger partial charge on any atom is 0.308 e. The minimum absolute atomic E-state index is 0.0247. The summed E-state index contributed by atoms with van der Waals surface area (Å²) in [6.45, 7) is 7.46. The number of carboxylic acid groups (broad SMARTS) is 1. The Morgan fingerprint density at radius 2 is 1.83 bits per heavy atom. The van der Waals surface area contributed by atoms with Crippen LogP contribution in [0.15, 0.2) is 0 Å². The van der Waals surface area contributed by atoms with Crippen LogP contribution in [0.25, 0.3) is 0 Å². The van der Waals surface area contributed by atoms with Crippen LogP contribution in [-0.4, -0.2) is 22.3 Å². The van der Waals surface area contributed by atoms with E-state index in [1.165, 1.54) is 6.92 Å². The maximum absolute atomic E-state index is 10.5. The molecule has 0 aromatic rings. The van der Waals surface area contributed by atoms with E-state index >= 15 is 0 Å². The third-order valence-electron chi connectivity index (χ3n) is 1.79. The summed E-state index contributed by atoms with van der Waals surface area (Å²) in [5.74, 6) is -1.61. The number of rotatable bonds is 3. The van der Waals surface area contributed by atoms with E-state index in [1.54, 1.807) is 0 Å². The summed E-state index contributed by atoms with van der Waals surface area (Å²) in [6, 6.07) is 0. The van der Waals surface area contributed by atoms with Gasteiger partial charge < -0.3 is 10.2 Å². The summed E-state index contributed by atoms with van der Waals surface area (Å²) in [5, 5.41) is 18.0. The Balaban J connectivity index is 4.04. The number of hydrogen-bond donors (Lipinski definition) is 2. The van der Waals surface area contributed by atoms with E-state index in [0.29, 0.717) is 6.42 Å². The average Bonchev–Trinajstić information content (AvgIpc) is 1.82. The second-order valence-electron chi connectivity index (χ2n) is 4.46. The van der Waals surface area contributed by atoms with Gasteiger partial charge in [-0.3, -0.25) is 4.79 Å². The molecule has 12 heavy (non-hydrogen) atoms. The van der Waals surface area contributed by atoms with Gasteiger partial charge in [0, 0.05) is 0 Å². The number of carbonyl (C=O) groups is 1. The van der Waals surface area contributed by atoms with Crippen molar-refractivity contribution >= 4 is 5.97 Å². The molecule has 3 nitrogen and oxygen atoms in total. The second-order valence-corrected chi connectivity index (χ2v) is 4.46. The normalized spacial score (nSPS) is 17.1. The summed E-state index contributed by atoms with van der Waals surface area (Å²) in [7, 11) is 0. The summed E-state index contributed by atoms with van der Waals surface area (Å²) >= 11 is 0. The van der Waals surface area contributed by atoms with Crippen LogP contribution in [0.1, 0.15) is 34.1 Å². The Kier molecular flexibility index (Phi) is 3.71. The van der Waals surface area contributed by atoms with Crippen LogP contribution in [0.4, 0.5) is 0 Å². The van der Waals surface area contributed by atoms with E-state index in [-0.39, 0.29) is 5.41 Å². The van der Waals surface area contributed by atoms with Gasteiger partial charge in [0.05, 0.1) is 12.0 Å².